The van der Waals surface area contributed by atoms with Crippen LogP contribution in [0.1, 0.15) is 420 Å². The van der Waals surface area contributed by atoms with Gasteiger partial charge in [-0.05, 0) is 37.5 Å². The minimum atomic E-state index is -4.96. The Kier molecular flexibility index (Phi) is 70.3. The summed E-state index contributed by atoms with van der Waals surface area (Å²) >= 11 is 0. The van der Waals surface area contributed by atoms with E-state index in [1.54, 1.807) is 0 Å². The highest BCUT2D eigenvalue weighted by Gasteiger charge is 2.30. The molecule has 19 heteroatoms. The quantitative estimate of drug-likeness (QED) is 0.0222. The van der Waals surface area contributed by atoms with Crippen molar-refractivity contribution in [3.8, 4) is 0 Å². The largest absolute Gasteiger partial charge is 0.472 e. The van der Waals surface area contributed by atoms with Crippen molar-refractivity contribution < 1.29 is 80.2 Å². The second kappa shape index (κ2) is 71.7. The van der Waals surface area contributed by atoms with Gasteiger partial charge in [-0.15, -0.1) is 0 Å². The van der Waals surface area contributed by atoms with E-state index >= 15 is 0 Å². The van der Waals surface area contributed by atoms with Crippen LogP contribution in [-0.2, 0) is 65.4 Å². The van der Waals surface area contributed by atoms with Crippen LogP contribution in [0, 0.1) is 11.8 Å². The molecule has 0 saturated heterocycles. The first-order chi connectivity index (χ1) is 47.9. The number of unbranched alkanes of at least 4 members (excludes halogenated alkanes) is 49. The van der Waals surface area contributed by atoms with Gasteiger partial charge in [0.05, 0.1) is 26.4 Å². The zero-order valence-electron chi connectivity index (χ0n) is 64.8. The zero-order valence-corrected chi connectivity index (χ0v) is 66.6. The van der Waals surface area contributed by atoms with Crippen molar-refractivity contribution in [3.63, 3.8) is 0 Å². The lowest BCUT2D eigenvalue weighted by atomic mass is 10.0. The standard InChI is InChI=1S/C80H156O17P2/c1-7-9-11-13-15-17-19-21-23-24-25-26-27-33-37-41-45-53-59-65-79(84)96-75(68-90-77(82)62-56-50-43-39-35-32-29-28-30-34-38-42-48-54-60-72(3)4)70-94-98(86,87)92-66-74(81)67-93-99(88,89)95-71-76(69-91-78(83)63-57-51-47-46-49-55-61-73(5)6)97-80(85)64-58-52-44-40-36-31-22-20-18-16-14-12-10-8-2/h72-76,81H,7-71H2,1-6H3,(H,86,87)(H,88,89)/t74-,75-,76-/m1/s1. The Morgan fingerprint density at radius 2 is 0.465 bits per heavy atom. The molecular weight excluding hydrogens is 1290 g/mol. The van der Waals surface area contributed by atoms with Crippen molar-refractivity contribution in [1.82, 2.24) is 0 Å². The predicted octanol–water partition coefficient (Wildman–Crippen LogP) is 23.9. The van der Waals surface area contributed by atoms with Gasteiger partial charge in [0.2, 0.25) is 0 Å². The SMILES string of the molecule is CCCCCCCCCCCCCCCCCCCCCC(=O)O[C@H](COC(=O)CCCCCCCCCCCCCCCCC(C)C)COP(=O)(O)OC[C@@H](O)COP(=O)(O)OC[C@@H](COC(=O)CCCCCCCCC(C)C)OC(=O)CCCCCCCCCCCCCCCC. The minimum Gasteiger partial charge on any atom is -0.462 e. The van der Waals surface area contributed by atoms with E-state index in [1.165, 1.54) is 231 Å². The zero-order chi connectivity index (χ0) is 72.8. The number of carbonyl (C=O) groups excluding carboxylic acids is 4. The predicted molar refractivity (Wildman–Crippen MR) is 405 cm³/mol. The monoisotopic (exact) mass is 1450 g/mol. The molecule has 0 fully saturated rings. The van der Waals surface area contributed by atoms with E-state index in [-0.39, 0.29) is 25.7 Å². The molecule has 2 unspecified atom stereocenters. The Balaban J connectivity index is 5.22. The average Bonchev–Trinajstić information content (AvgIpc) is 1.25. The molecule has 5 atom stereocenters. The molecule has 99 heavy (non-hydrogen) atoms. The molecule has 0 aromatic rings. The van der Waals surface area contributed by atoms with Crippen molar-refractivity contribution in [2.24, 2.45) is 11.8 Å². The number of aliphatic hydroxyl groups is 1. The third-order valence-corrected chi connectivity index (χ3v) is 20.6. The van der Waals surface area contributed by atoms with Gasteiger partial charge < -0.3 is 33.8 Å². The third kappa shape index (κ3) is 74.1. The van der Waals surface area contributed by atoms with E-state index in [0.717, 1.165) is 102 Å². The van der Waals surface area contributed by atoms with Gasteiger partial charge in [-0.2, -0.15) is 0 Å². The first-order valence-corrected chi connectivity index (χ1v) is 44.5. The van der Waals surface area contributed by atoms with Gasteiger partial charge in [0.25, 0.3) is 0 Å². The number of aliphatic hydroxyl groups excluding tert-OH is 1. The lowest BCUT2D eigenvalue weighted by Gasteiger charge is -2.21. The molecule has 0 spiro atoms. The number of hydrogen-bond donors (Lipinski definition) is 3. The van der Waals surface area contributed by atoms with E-state index in [4.69, 9.17) is 37.0 Å². The number of rotatable bonds is 79. The summed E-state index contributed by atoms with van der Waals surface area (Å²) in [6.45, 7) is 9.57. The molecule has 0 aliphatic carbocycles. The number of esters is 4. The fraction of sp³-hybridized carbons (Fsp3) is 0.950. The summed E-state index contributed by atoms with van der Waals surface area (Å²) in [5.41, 5.74) is 0. The molecule has 0 amide bonds. The van der Waals surface area contributed by atoms with Crippen molar-refractivity contribution in [1.29, 1.82) is 0 Å². The number of ether oxygens (including phenoxy) is 4. The van der Waals surface area contributed by atoms with Crippen molar-refractivity contribution in [2.75, 3.05) is 39.6 Å². The second-order valence-corrected chi connectivity index (χ2v) is 32.7. The van der Waals surface area contributed by atoms with Crippen LogP contribution in [-0.4, -0.2) is 96.7 Å². The lowest BCUT2D eigenvalue weighted by molar-refractivity contribution is -0.161. The van der Waals surface area contributed by atoms with Crippen LogP contribution in [0.3, 0.4) is 0 Å². The molecule has 0 heterocycles. The maximum Gasteiger partial charge on any atom is 0.472 e. The molecule has 3 N–H and O–H groups in total. The Morgan fingerprint density at radius 1 is 0.273 bits per heavy atom. The normalized spacial score (nSPS) is 13.9. The topological polar surface area (TPSA) is 237 Å². The highest BCUT2D eigenvalue weighted by atomic mass is 31.2. The first kappa shape index (κ1) is 97.1. The molecule has 0 bridgehead atoms. The van der Waals surface area contributed by atoms with Gasteiger partial charge in [-0.1, -0.05) is 369 Å². The summed E-state index contributed by atoms with van der Waals surface area (Å²) in [4.78, 5) is 72.9. The van der Waals surface area contributed by atoms with Gasteiger partial charge in [0, 0.05) is 25.7 Å². The highest BCUT2D eigenvalue weighted by molar-refractivity contribution is 7.47. The van der Waals surface area contributed by atoms with E-state index in [1.807, 2.05) is 0 Å². The maximum atomic E-state index is 13.1. The van der Waals surface area contributed by atoms with E-state index in [0.29, 0.717) is 31.6 Å². The summed E-state index contributed by atoms with van der Waals surface area (Å²) in [7, 11) is -9.92. The van der Waals surface area contributed by atoms with Crippen LogP contribution in [0.15, 0.2) is 0 Å². The van der Waals surface area contributed by atoms with E-state index in [2.05, 4.69) is 41.5 Å². The van der Waals surface area contributed by atoms with Crippen molar-refractivity contribution in [2.45, 2.75) is 439 Å². The van der Waals surface area contributed by atoms with Crippen LogP contribution in [0.4, 0.5) is 0 Å². The fourth-order valence-corrected chi connectivity index (χ4v) is 13.9. The summed E-state index contributed by atoms with van der Waals surface area (Å²) in [5, 5.41) is 10.6. The first-order valence-electron chi connectivity index (χ1n) is 41.5. The summed E-state index contributed by atoms with van der Waals surface area (Å²) < 4.78 is 68.6. The van der Waals surface area contributed by atoms with Crippen LogP contribution in [0.25, 0.3) is 0 Å². The number of phosphoric ester groups is 2. The fourth-order valence-electron chi connectivity index (χ4n) is 12.4. The Bertz CT molecular complexity index is 1910. The molecular formula is C80H156O17P2. The van der Waals surface area contributed by atoms with Gasteiger partial charge >= 0.3 is 39.5 Å². The molecule has 0 rings (SSSR count). The number of carbonyl (C=O) groups is 4. The summed E-state index contributed by atoms with van der Waals surface area (Å²) in [5.74, 6) is -0.632. The molecule has 0 radical (unpaired) electrons. The van der Waals surface area contributed by atoms with Gasteiger partial charge in [0.1, 0.15) is 19.3 Å². The molecule has 0 aromatic carbocycles. The Labute approximate surface area is 607 Å². The number of hydrogen-bond acceptors (Lipinski definition) is 15. The summed E-state index contributed by atoms with van der Waals surface area (Å²) in [6.07, 6.45) is 61.2. The third-order valence-electron chi connectivity index (χ3n) is 18.7. The smallest absolute Gasteiger partial charge is 0.462 e. The molecule has 0 aliphatic heterocycles. The summed E-state index contributed by atoms with van der Waals surface area (Å²) in [6, 6.07) is 0. The van der Waals surface area contributed by atoms with Crippen molar-refractivity contribution >= 4 is 39.5 Å². The molecule has 0 saturated carbocycles. The molecule has 588 valence electrons. The Hall–Kier alpha value is -1.94. The van der Waals surface area contributed by atoms with E-state index < -0.39 is 97.5 Å². The molecule has 0 aliphatic rings. The van der Waals surface area contributed by atoms with Crippen molar-refractivity contribution in [3.05, 3.63) is 0 Å². The number of phosphoric acid groups is 2. The molecule has 17 nitrogen and oxygen atoms in total. The van der Waals surface area contributed by atoms with Gasteiger partial charge in [0.15, 0.2) is 12.2 Å². The van der Waals surface area contributed by atoms with Crippen LogP contribution in [0.2, 0.25) is 0 Å². The maximum absolute atomic E-state index is 13.1. The van der Waals surface area contributed by atoms with Crippen LogP contribution < -0.4 is 0 Å². The minimum absolute atomic E-state index is 0.107. The van der Waals surface area contributed by atoms with Crippen LogP contribution in [0.5, 0.6) is 0 Å². The average molecular weight is 1450 g/mol. The second-order valence-electron chi connectivity index (χ2n) is 29.8. The molecule has 0 aromatic heterocycles. The van der Waals surface area contributed by atoms with Gasteiger partial charge in [-0.3, -0.25) is 37.3 Å². The van der Waals surface area contributed by atoms with Crippen LogP contribution >= 0.6 is 15.6 Å². The van der Waals surface area contributed by atoms with Gasteiger partial charge in [-0.25, -0.2) is 9.13 Å². The Morgan fingerprint density at radius 3 is 0.687 bits per heavy atom. The highest BCUT2D eigenvalue weighted by Crippen LogP contribution is 2.45. The van der Waals surface area contributed by atoms with E-state index in [9.17, 15) is 43.2 Å². The lowest BCUT2D eigenvalue weighted by Crippen LogP contribution is -2.30.